The molecule has 0 amide bonds. The Morgan fingerprint density at radius 3 is 2.57 bits per heavy atom. The van der Waals surface area contributed by atoms with Crippen molar-refractivity contribution in [3.8, 4) is 0 Å². The van der Waals surface area contributed by atoms with E-state index in [1.54, 1.807) is 48.5 Å². The van der Waals surface area contributed by atoms with Crippen molar-refractivity contribution in [3.63, 3.8) is 0 Å². The molecular formula is C20H18ClN5O2. The Bertz CT molecular complexity index is 1040. The first-order valence-electron chi connectivity index (χ1n) is 8.35. The second-order valence-electron chi connectivity index (χ2n) is 5.99. The van der Waals surface area contributed by atoms with E-state index in [0.29, 0.717) is 28.4 Å². The van der Waals surface area contributed by atoms with Gasteiger partial charge >= 0.3 is 5.97 Å². The van der Waals surface area contributed by atoms with Gasteiger partial charge in [0.15, 0.2) is 5.82 Å². The molecule has 3 aromatic rings. The predicted octanol–water partition coefficient (Wildman–Crippen LogP) is 4.69. The number of methoxy groups -OCH3 is 1. The largest absolute Gasteiger partial charge is 0.465 e. The van der Waals surface area contributed by atoms with Gasteiger partial charge in [0.25, 0.3) is 0 Å². The van der Waals surface area contributed by atoms with Crippen LogP contribution in [0.2, 0.25) is 5.02 Å². The maximum atomic E-state index is 11.8. The number of nitrogens with two attached hydrogens (primary N) is 2. The summed E-state index contributed by atoms with van der Waals surface area (Å²) in [7, 11) is 1.34. The van der Waals surface area contributed by atoms with Crippen LogP contribution in [0.15, 0.2) is 64.8 Å². The number of ether oxygens (including phenoxy) is 1. The van der Waals surface area contributed by atoms with E-state index in [2.05, 4.69) is 15.2 Å². The quantitative estimate of drug-likeness (QED) is 0.480. The summed E-state index contributed by atoms with van der Waals surface area (Å²) in [5.74, 6) is 0.0529. The monoisotopic (exact) mass is 395 g/mol. The number of anilines is 2. The molecule has 0 aliphatic carbocycles. The molecule has 8 heteroatoms. The molecule has 0 radical (unpaired) electrons. The lowest BCUT2D eigenvalue weighted by Gasteiger charge is -2.10. The van der Waals surface area contributed by atoms with Crippen molar-refractivity contribution < 1.29 is 9.53 Å². The molecule has 142 valence electrons. The number of benzene rings is 2. The average molecular weight is 396 g/mol. The van der Waals surface area contributed by atoms with Gasteiger partial charge < -0.3 is 16.2 Å². The summed E-state index contributed by atoms with van der Waals surface area (Å²) in [6, 6.07) is 15.7. The van der Waals surface area contributed by atoms with Crippen LogP contribution in [-0.2, 0) is 11.2 Å². The number of hydrogen-bond acceptors (Lipinski definition) is 7. The molecule has 0 bridgehead atoms. The zero-order valence-corrected chi connectivity index (χ0v) is 15.8. The van der Waals surface area contributed by atoms with E-state index in [9.17, 15) is 4.79 Å². The highest BCUT2D eigenvalue weighted by atomic mass is 35.5. The fourth-order valence-corrected chi connectivity index (χ4v) is 2.77. The first kappa shape index (κ1) is 19.3. The number of aromatic nitrogens is 1. The molecule has 0 aliphatic rings. The standard InChI is InChI=1S/C20H18ClN5O2/c1-28-20(27)13-4-2-3-12(9-13)10-14-11-17(22)24-19(23)18(14)26-25-16-7-5-15(21)6-8-16/h2-9,11H,10H2,1H3,(H4,22,23,24)/b26-25+. The van der Waals surface area contributed by atoms with E-state index in [0.717, 1.165) is 11.1 Å². The molecule has 0 saturated heterocycles. The summed E-state index contributed by atoms with van der Waals surface area (Å²) in [6.07, 6.45) is 0.441. The summed E-state index contributed by atoms with van der Waals surface area (Å²) in [5, 5.41) is 9.07. The number of azo groups is 1. The number of halogens is 1. The van der Waals surface area contributed by atoms with Crippen LogP contribution in [0.25, 0.3) is 0 Å². The molecule has 0 atom stereocenters. The first-order chi connectivity index (χ1) is 13.5. The number of hydrogen-bond donors (Lipinski definition) is 2. The van der Waals surface area contributed by atoms with Gasteiger partial charge in [0, 0.05) is 5.02 Å². The summed E-state index contributed by atoms with van der Waals surface area (Å²) in [4.78, 5) is 15.8. The van der Waals surface area contributed by atoms with Gasteiger partial charge in [-0.25, -0.2) is 9.78 Å². The Balaban J connectivity index is 1.95. The van der Waals surface area contributed by atoms with Gasteiger partial charge in [0.05, 0.1) is 18.4 Å². The van der Waals surface area contributed by atoms with Gasteiger partial charge in [-0.15, -0.1) is 5.11 Å². The molecule has 0 saturated carbocycles. The van der Waals surface area contributed by atoms with Crippen molar-refractivity contribution in [3.05, 3.63) is 76.3 Å². The van der Waals surface area contributed by atoms with Crippen molar-refractivity contribution in [1.29, 1.82) is 0 Å². The zero-order chi connectivity index (χ0) is 20.1. The SMILES string of the molecule is COC(=O)c1cccc(Cc2cc(N)nc(N)c2/N=N/c2ccc(Cl)cc2)c1. The Labute approximate surface area is 167 Å². The maximum Gasteiger partial charge on any atom is 0.337 e. The van der Waals surface area contributed by atoms with Gasteiger partial charge in [0.2, 0.25) is 0 Å². The van der Waals surface area contributed by atoms with Gasteiger partial charge in [-0.2, -0.15) is 5.11 Å². The maximum absolute atomic E-state index is 11.8. The molecule has 0 unspecified atom stereocenters. The fraction of sp³-hybridized carbons (Fsp3) is 0.100. The first-order valence-corrected chi connectivity index (χ1v) is 8.73. The topological polar surface area (TPSA) is 116 Å². The summed E-state index contributed by atoms with van der Waals surface area (Å²) in [5.41, 5.74) is 15.0. The van der Waals surface area contributed by atoms with Crippen LogP contribution < -0.4 is 11.5 Å². The smallest absolute Gasteiger partial charge is 0.337 e. The van der Waals surface area contributed by atoms with Crippen LogP contribution in [-0.4, -0.2) is 18.1 Å². The third kappa shape index (κ3) is 4.63. The molecular weight excluding hydrogens is 378 g/mol. The molecule has 4 N–H and O–H groups in total. The zero-order valence-electron chi connectivity index (χ0n) is 15.1. The molecule has 7 nitrogen and oxygen atoms in total. The van der Waals surface area contributed by atoms with E-state index in [4.69, 9.17) is 27.8 Å². The summed E-state index contributed by atoms with van der Waals surface area (Å²) in [6.45, 7) is 0. The summed E-state index contributed by atoms with van der Waals surface area (Å²) >= 11 is 5.88. The van der Waals surface area contributed by atoms with E-state index in [1.165, 1.54) is 7.11 Å². The second-order valence-corrected chi connectivity index (χ2v) is 6.42. The number of esters is 1. The van der Waals surface area contributed by atoms with Crippen LogP contribution in [0.5, 0.6) is 0 Å². The minimum atomic E-state index is -0.404. The number of nitrogens with zero attached hydrogens (tertiary/aromatic N) is 3. The van der Waals surface area contributed by atoms with Gasteiger partial charge in [-0.1, -0.05) is 23.7 Å². The van der Waals surface area contributed by atoms with Gasteiger partial charge in [-0.3, -0.25) is 0 Å². The highest BCUT2D eigenvalue weighted by Crippen LogP contribution is 2.31. The highest BCUT2D eigenvalue weighted by molar-refractivity contribution is 6.30. The Hall–Kier alpha value is -3.45. The second kappa shape index (κ2) is 8.49. The normalized spacial score (nSPS) is 10.9. The average Bonchev–Trinajstić information content (AvgIpc) is 2.68. The van der Waals surface area contributed by atoms with Crippen molar-refractivity contribution >= 4 is 40.6 Å². The third-order valence-electron chi connectivity index (χ3n) is 3.95. The lowest BCUT2D eigenvalue weighted by atomic mass is 10.0. The van der Waals surface area contributed by atoms with Gasteiger partial charge in [-0.05, 0) is 60.0 Å². The number of carbonyl (C=O) groups excluding carboxylic acids is 1. The molecule has 3 rings (SSSR count). The van der Waals surface area contributed by atoms with Crippen LogP contribution in [0.1, 0.15) is 21.5 Å². The lowest BCUT2D eigenvalue weighted by Crippen LogP contribution is -2.03. The molecule has 1 heterocycles. The molecule has 0 aliphatic heterocycles. The molecule has 0 spiro atoms. The van der Waals surface area contributed by atoms with Crippen LogP contribution in [0.3, 0.4) is 0 Å². The molecule has 28 heavy (non-hydrogen) atoms. The van der Waals surface area contributed by atoms with Crippen LogP contribution in [0.4, 0.5) is 23.0 Å². The van der Waals surface area contributed by atoms with Crippen molar-refractivity contribution in [1.82, 2.24) is 4.98 Å². The molecule has 2 aromatic carbocycles. The van der Waals surface area contributed by atoms with E-state index in [1.807, 2.05) is 6.07 Å². The Morgan fingerprint density at radius 2 is 1.86 bits per heavy atom. The van der Waals surface area contributed by atoms with Crippen LogP contribution >= 0.6 is 11.6 Å². The van der Waals surface area contributed by atoms with Gasteiger partial charge in [0.1, 0.15) is 11.5 Å². The minimum absolute atomic E-state index is 0.178. The van der Waals surface area contributed by atoms with E-state index < -0.39 is 5.97 Å². The van der Waals surface area contributed by atoms with Crippen molar-refractivity contribution in [2.24, 2.45) is 10.2 Å². The number of rotatable bonds is 5. The van der Waals surface area contributed by atoms with Crippen molar-refractivity contribution in [2.75, 3.05) is 18.6 Å². The van der Waals surface area contributed by atoms with Crippen LogP contribution in [0, 0.1) is 0 Å². The predicted molar refractivity (Wildman–Crippen MR) is 109 cm³/mol. The third-order valence-corrected chi connectivity index (χ3v) is 4.21. The number of carbonyl (C=O) groups is 1. The van der Waals surface area contributed by atoms with Crippen molar-refractivity contribution in [2.45, 2.75) is 6.42 Å². The van der Waals surface area contributed by atoms with E-state index in [-0.39, 0.29) is 11.6 Å². The Morgan fingerprint density at radius 1 is 1.11 bits per heavy atom. The lowest BCUT2D eigenvalue weighted by molar-refractivity contribution is 0.0600. The summed E-state index contributed by atoms with van der Waals surface area (Å²) < 4.78 is 4.77. The highest BCUT2D eigenvalue weighted by Gasteiger charge is 2.12. The fourth-order valence-electron chi connectivity index (χ4n) is 2.65. The molecule has 0 fully saturated rings. The Kier molecular flexibility index (Phi) is 5.86. The number of nitrogen functional groups attached to an aromatic ring is 2. The minimum Gasteiger partial charge on any atom is -0.465 e. The number of pyridine rings is 1. The van der Waals surface area contributed by atoms with E-state index >= 15 is 0 Å². The molecule has 1 aromatic heterocycles.